The standard InChI is InChI=1S/C22H3F14N5S/c23-20(24,25)15-1-9(2-16(14(15)8-41)21(26,27)28)12(6-39)18-17(22(29,30)31)3-11(10(4-37)5-38)13(7-40)19(18)42(32,33,34,35)36/h1-3H/b18-12-. The van der Waals surface area contributed by atoms with Gasteiger partial charge in [-0.3, -0.25) is 0 Å². The lowest BCUT2D eigenvalue weighted by molar-refractivity contribution is -0.143. The van der Waals surface area contributed by atoms with Crippen molar-refractivity contribution in [3.8, 4) is 30.3 Å². The van der Waals surface area contributed by atoms with E-state index in [1.807, 2.05) is 0 Å². The van der Waals surface area contributed by atoms with Crippen molar-refractivity contribution in [2.24, 2.45) is 0 Å². The van der Waals surface area contributed by atoms with Crippen LogP contribution in [-0.4, -0.2) is 0 Å². The van der Waals surface area contributed by atoms with Gasteiger partial charge in [0.1, 0.15) is 40.8 Å². The molecule has 0 saturated carbocycles. The normalized spacial score (nSPS) is 14.6. The quantitative estimate of drug-likeness (QED) is 0.328. The molecule has 0 bridgehead atoms. The maximum absolute atomic E-state index is 14.3. The Morgan fingerprint density at radius 1 is 0.571 bits per heavy atom. The number of nitrogens with zero attached hydrogens (tertiary/aromatic N) is 5. The van der Waals surface area contributed by atoms with Crippen LogP contribution in [-0.2, 0) is 18.5 Å². The summed E-state index contributed by atoms with van der Waals surface area (Å²) < 4.78 is 195. The van der Waals surface area contributed by atoms with Crippen LogP contribution in [0.5, 0.6) is 0 Å². The Balaban J connectivity index is 3.76. The zero-order valence-electron chi connectivity index (χ0n) is 19.2. The van der Waals surface area contributed by atoms with Gasteiger partial charge in [0.05, 0.1) is 33.4 Å². The van der Waals surface area contributed by atoms with Crippen LogP contribution >= 0.6 is 10.2 Å². The molecular formula is C22H3F14N5S. The summed E-state index contributed by atoms with van der Waals surface area (Å²) in [7, 11) is -11.8. The van der Waals surface area contributed by atoms with Crippen molar-refractivity contribution >= 4 is 21.4 Å². The molecule has 0 spiro atoms. The van der Waals surface area contributed by atoms with E-state index >= 15 is 0 Å². The van der Waals surface area contributed by atoms with Gasteiger partial charge in [-0.05, 0) is 23.8 Å². The predicted molar refractivity (Wildman–Crippen MR) is 111 cm³/mol. The molecule has 0 N–H and O–H groups in total. The van der Waals surface area contributed by atoms with Crippen LogP contribution in [0.3, 0.4) is 0 Å². The molecule has 0 aliphatic heterocycles. The van der Waals surface area contributed by atoms with Gasteiger partial charge in [0.25, 0.3) is 0 Å². The van der Waals surface area contributed by atoms with Crippen molar-refractivity contribution in [2.45, 2.75) is 23.4 Å². The van der Waals surface area contributed by atoms with Gasteiger partial charge in [-0.15, -0.1) is 0 Å². The Bertz CT molecular complexity index is 1810. The van der Waals surface area contributed by atoms with Crippen molar-refractivity contribution in [3.05, 3.63) is 62.0 Å². The highest BCUT2D eigenvalue weighted by Crippen LogP contribution is 3.01. The molecular weight excluding hydrogens is 632 g/mol. The molecule has 42 heavy (non-hydrogen) atoms. The van der Waals surface area contributed by atoms with E-state index < -0.39 is 107 Å². The molecule has 2 aromatic rings. The molecule has 0 unspecified atom stereocenters. The smallest absolute Gasteiger partial charge is 0.192 e. The molecule has 2 rings (SSSR count). The van der Waals surface area contributed by atoms with Crippen LogP contribution in [0.15, 0.2) is 23.1 Å². The van der Waals surface area contributed by atoms with Gasteiger partial charge in [-0.2, -0.15) is 65.8 Å². The van der Waals surface area contributed by atoms with Crippen molar-refractivity contribution in [1.29, 1.82) is 26.3 Å². The first kappa shape index (κ1) is 33.2. The number of benzene rings is 2. The van der Waals surface area contributed by atoms with E-state index in [0.29, 0.717) is 18.2 Å². The Morgan fingerprint density at radius 3 is 1.26 bits per heavy atom. The van der Waals surface area contributed by atoms with Gasteiger partial charge >= 0.3 is 28.8 Å². The molecule has 0 amide bonds. The van der Waals surface area contributed by atoms with Gasteiger partial charge in [0, 0.05) is 10.4 Å². The molecule has 5 nitrogen and oxygen atoms in total. The zero-order chi connectivity index (χ0) is 32.9. The van der Waals surface area contributed by atoms with E-state index in [0.717, 1.165) is 12.1 Å². The molecule has 20 heteroatoms. The average molecular weight is 635 g/mol. The Labute approximate surface area is 223 Å². The first-order valence-electron chi connectivity index (χ1n) is 9.78. The second-order valence-corrected chi connectivity index (χ2v) is 10.1. The van der Waals surface area contributed by atoms with Crippen LogP contribution in [0.4, 0.5) is 58.9 Å². The van der Waals surface area contributed by atoms with Crippen molar-refractivity contribution in [2.75, 3.05) is 0 Å². The molecule has 0 heterocycles. The molecule has 0 radical (unpaired) electrons. The van der Waals surface area contributed by atoms with Crippen LogP contribution < -0.4 is 10.4 Å². The third-order valence-electron chi connectivity index (χ3n) is 5.09. The highest BCUT2D eigenvalue weighted by atomic mass is 32.5. The molecule has 0 fully saturated rings. The van der Waals surface area contributed by atoms with E-state index in [1.54, 1.807) is 0 Å². The minimum atomic E-state index is -11.8. The predicted octanol–water partition coefficient (Wildman–Crippen LogP) is 7.06. The Kier molecular flexibility index (Phi) is 7.32. The summed E-state index contributed by atoms with van der Waals surface area (Å²) in [4.78, 5) is -3.91. The van der Waals surface area contributed by atoms with Crippen LogP contribution in [0, 0.1) is 56.7 Å². The lowest BCUT2D eigenvalue weighted by Gasteiger charge is -2.42. The summed E-state index contributed by atoms with van der Waals surface area (Å²) in [6.45, 7) is 0. The molecule has 2 aromatic carbocycles. The van der Waals surface area contributed by atoms with E-state index in [9.17, 15) is 69.5 Å². The highest BCUT2D eigenvalue weighted by molar-refractivity contribution is 8.45. The number of alkyl halides is 9. The zero-order valence-corrected chi connectivity index (χ0v) is 20.0. The Morgan fingerprint density at radius 2 is 0.976 bits per heavy atom. The molecule has 0 saturated heterocycles. The van der Waals surface area contributed by atoms with Gasteiger partial charge in [0.2, 0.25) is 0 Å². The van der Waals surface area contributed by atoms with Gasteiger partial charge in [0.15, 0.2) is 0 Å². The number of hydrogen-bond donors (Lipinski definition) is 0. The summed E-state index contributed by atoms with van der Waals surface area (Å²) in [6.07, 6.45) is -18.2. The summed E-state index contributed by atoms with van der Waals surface area (Å²) in [5, 5.41) is 40.4. The maximum atomic E-state index is 14.3. The van der Waals surface area contributed by atoms with Gasteiger partial charge in [-0.1, -0.05) is 19.4 Å². The third-order valence-corrected chi connectivity index (χ3v) is 6.27. The fraction of sp³-hybridized carbons (Fsp3) is 0.136. The average Bonchev–Trinajstić information content (AvgIpc) is 2.81. The number of nitriles is 5. The second kappa shape index (κ2) is 9.26. The summed E-state index contributed by atoms with van der Waals surface area (Å²) in [5.41, 5.74) is -19.4. The SMILES string of the molecule is N#CC(C#N)=c1cc(C(F)(F)F)/c(=C(\C#N)c2cc(C(F)(F)F)c(C#N)c(C(F)(F)F)c2)c(S(F)(F)(F)(F)F)c1C#N. The number of rotatable bonds is 2. The molecule has 220 valence electrons. The fourth-order valence-corrected chi connectivity index (χ4v) is 4.73. The first-order chi connectivity index (χ1) is 18.7. The Hall–Kier alpha value is -5.00. The topological polar surface area (TPSA) is 119 Å². The van der Waals surface area contributed by atoms with E-state index in [4.69, 9.17) is 15.8 Å². The summed E-state index contributed by atoms with van der Waals surface area (Å²) in [6, 6.07) is 0.994. The molecule has 0 aliphatic rings. The van der Waals surface area contributed by atoms with Gasteiger partial charge < -0.3 is 0 Å². The fourth-order valence-electron chi connectivity index (χ4n) is 3.59. The monoisotopic (exact) mass is 635 g/mol. The van der Waals surface area contributed by atoms with E-state index in [2.05, 4.69) is 0 Å². The van der Waals surface area contributed by atoms with Crippen molar-refractivity contribution in [1.82, 2.24) is 0 Å². The number of halogens is 14. The number of hydrogen-bond acceptors (Lipinski definition) is 5. The van der Waals surface area contributed by atoms with E-state index in [1.165, 1.54) is 0 Å². The minimum absolute atomic E-state index is 0.423. The van der Waals surface area contributed by atoms with Crippen molar-refractivity contribution < 1.29 is 58.9 Å². The molecule has 0 aromatic heterocycles. The molecule has 0 aliphatic carbocycles. The van der Waals surface area contributed by atoms with Crippen LogP contribution in [0.1, 0.15) is 33.4 Å². The minimum Gasteiger partial charge on any atom is -0.192 e. The van der Waals surface area contributed by atoms with Crippen molar-refractivity contribution in [3.63, 3.8) is 0 Å². The third kappa shape index (κ3) is 6.17. The summed E-state index contributed by atoms with van der Waals surface area (Å²) in [5.74, 6) is 0. The largest absolute Gasteiger partial charge is 0.417 e. The maximum Gasteiger partial charge on any atom is 0.417 e. The van der Waals surface area contributed by atoms with Crippen LogP contribution in [0.25, 0.3) is 11.1 Å². The second-order valence-electron chi connectivity index (χ2n) is 7.77. The van der Waals surface area contributed by atoms with Crippen LogP contribution in [0.2, 0.25) is 0 Å². The lowest BCUT2D eigenvalue weighted by atomic mass is 9.91. The van der Waals surface area contributed by atoms with E-state index in [-0.39, 0.29) is 0 Å². The van der Waals surface area contributed by atoms with Gasteiger partial charge in [-0.25, -0.2) is 0 Å². The summed E-state index contributed by atoms with van der Waals surface area (Å²) >= 11 is 0. The highest BCUT2D eigenvalue weighted by Gasteiger charge is 2.68. The molecule has 0 atom stereocenters. The lowest BCUT2D eigenvalue weighted by Crippen LogP contribution is -2.35. The first-order valence-corrected chi connectivity index (χ1v) is 11.7.